The van der Waals surface area contributed by atoms with Crippen LogP contribution in [0.5, 0.6) is 0 Å². The number of carbonyl (C=O) groups excluding carboxylic acids is 2. The summed E-state index contributed by atoms with van der Waals surface area (Å²) in [6.45, 7) is -0.134. The molecular weight excluding hydrogens is 227 g/mol. The Kier molecular flexibility index (Phi) is 5.79. The highest BCUT2D eigenvalue weighted by atomic mass is 19.4. The van der Waals surface area contributed by atoms with E-state index in [0.717, 1.165) is 0 Å². The van der Waals surface area contributed by atoms with E-state index in [0.29, 0.717) is 0 Å². The van der Waals surface area contributed by atoms with Gasteiger partial charge in [-0.25, -0.2) is 0 Å². The van der Waals surface area contributed by atoms with E-state index in [1.54, 1.807) is 0 Å². The summed E-state index contributed by atoms with van der Waals surface area (Å²) in [5, 5.41) is 2.19. The highest BCUT2D eigenvalue weighted by Gasteiger charge is 2.26. The molecule has 0 saturated carbocycles. The van der Waals surface area contributed by atoms with Crippen LogP contribution in [0.15, 0.2) is 0 Å². The van der Waals surface area contributed by atoms with Crippen molar-refractivity contribution in [3.05, 3.63) is 0 Å². The number of nitrogens with one attached hydrogen (secondary N) is 1. The van der Waals surface area contributed by atoms with Gasteiger partial charge < -0.3 is 16.8 Å². The fraction of sp³-hybridized carbons (Fsp3) is 0.750. The van der Waals surface area contributed by atoms with E-state index in [9.17, 15) is 22.8 Å². The fourth-order valence-electron chi connectivity index (χ4n) is 0.941. The Morgan fingerprint density at radius 1 is 1.31 bits per heavy atom. The second kappa shape index (κ2) is 6.31. The maximum atomic E-state index is 11.7. The van der Waals surface area contributed by atoms with Crippen molar-refractivity contribution in [2.24, 2.45) is 11.5 Å². The molecule has 0 aromatic carbocycles. The first-order chi connectivity index (χ1) is 7.22. The predicted molar refractivity (Wildman–Crippen MR) is 50.1 cm³/mol. The van der Waals surface area contributed by atoms with Gasteiger partial charge in [-0.1, -0.05) is 0 Å². The summed E-state index contributed by atoms with van der Waals surface area (Å²) in [4.78, 5) is 21.5. The number of amides is 2. The molecule has 0 rings (SSSR count). The van der Waals surface area contributed by atoms with Gasteiger partial charge in [0.05, 0.1) is 12.5 Å². The van der Waals surface area contributed by atoms with Gasteiger partial charge in [0.25, 0.3) is 0 Å². The van der Waals surface area contributed by atoms with E-state index >= 15 is 0 Å². The number of hydrogen-bond donors (Lipinski definition) is 3. The van der Waals surface area contributed by atoms with Crippen molar-refractivity contribution >= 4 is 11.8 Å². The quantitative estimate of drug-likeness (QED) is 0.554. The molecule has 0 aromatic rings. The van der Waals surface area contributed by atoms with Crippen LogP contribution in [0, 0.1) is 0 Å². The molecule has 0 radical (unpaired) electrons. The Bertz CT molecular complexity index is 255. The summed E-state index contributed by atoms with van der Waals surface area (Å²) in [6, 6.07) is -1.11. The van der Waals surface area contributed by atoms with Crippen LogP contribution >= 0.6 is 0 Å². The minimum Gasteiger partial charge on any atom is -0.370 e. The average molecular weight is 241 g/mol. The van der Waals surface area contributed by atoms with Crippen molar-refractivity contribution in [1.82, 2.24) is 5.32 Å². The van der Waals surface area contributed by atoms with Crippen molar-refractivity contribution in [1.29, 1.82) is 0 Å². The maximum absolute atomic E-state index is 11.7. The number of alkyl halides is 3. The molecule has 1 atom stereocenters. The highest BCUT2D eigenvalue weighted by molar-refractivity contribution is 5.87. The van der Waals surface area contributed by atoms with Crippen LogP contribution in [0.2, 0.25) is 0 Å². The van der Waals surface area contributed by atoms with Gasteiger partial charge in [0, 0.05) is 13.0 Å². The molecule has 0 aliphatic heterocycles. The van der Waals surface area contributed by atoms with Crippen molar-refractivity contribution in [3.63, 3.8) is 0 Å². The Morgan fingerprint density at radius 3 is 2.31 bits per heavy atom. The number of primary amides is 1. The second-order valence-corrected chi connectivity index (χ2v) is 3.29. The third kappa shape index (κ3) is 8.04. The lowest BCUT2D eigenvalue weighted by Crippen LogP contribution is -2.43. The molecule has 0 aromatic heterocycles. The molecule has 2 amide bonds. The molecule has 1 unspecified atom stereocenters. The van der Waals surface area contributed by atoms with Gasteiger partial charge in [0.15, 0.2) is 0 Å². The molecule has 0 fully saturated rings. The number of hydrogen-bond acceptors (Lipinski definition) is 3. The molecule has 16 heavy (non-hydrogen) atoms. The van der Waals surface area contributed by atoms with E-state index in [1.807, 2.05) is 0 Å². The zero-order valence-electron chi connectivity index (χ0n) is 8.51. The van der Waals surface area contributed by atoms with Gasteiger partial charge in [-0.15, -0.1) is 0 Å². The Labute approximate surface area is 90.3 Å². The molecule has 0 aliphatic rings. The molecule has 0 aliphatic carbocycles. The predicted octanol–water partition coefficient (Wildman–Crippen LogP) is -0.352. The maximum Gasteiger partial charge on any atom is 0.389 e. The monoisotopic (exact) mass is 241 g/mol. The summed E-state index contributed by atoms with van der Waals surface area (Å²) in [7, 11) is 0. The molecule has 94 valence electrons. The normalized spacial score (nSPS) is 13.2. The van der Waals surface area contributed by atoms with E-state index in [2.05, 4.69) is 5.32 Å². The van der Waals surface area contributed by atoms with Crippen LogP contribution in [0.3, 0.4) is 0 Å². The van der Waals surface area contributed by atoms with Crippen LogP contribution in [-0.4, -0.2) is 30.6 Å². The smallest absolute Gasteiger partial charge is 0.370 e. The van der Waals surface area contributed by atoms with Crippen molar-refractivity contribution < 1.29 is 22.8 Å². The second-order valence-electron chi connectivity index (χ2n) is 3.29. The van der Waals surface area contributed by atoms with Crippen LogP contribution < -0.4 is 16.8 Å². The number of halogens is 3. The van der Waals surface area contributed by atoms with Gasteiger partial charge in [-0.05, 0) is 6.42 Å². The zero-order valence-corrected chi connectivity index (χ0v) is 8.51. The van der Waals surface area contributed by atoms with E-state index in [4.69, 9.17) is 11.5 Å². The standard InChI is InChI=1S/C8H14F3N3O2/c9-8(10,11)2-1-3-14-7(16)5(12)4-6(13)15/h5H,1-4,12H2,(H2,13,15)(H,14,16). The molecule has 8 heteroatoms. The summed E-state index contributed by atoms with van der Waals surface area (Å²) in [5.74, 6) is -1.42. The third-order valence-electron chi connectivity index (χ3n) is 1.69. The molecule has 0 bridgehead atoms. The number of rotatable bonds is 6. The summed E-state index contributed by atoms with van der Waals surface area (Å²) in [5.41, 5.74) is 10.0. The molecule has 0 heterocycles. The van der Waals surface area contributed by atoms with Crippen molar-refractivity contribution in [2.75, 3.05) is 6.54 Å². The molecule has 5 N–H and O–H groups in total. The Balaban J connectivity index is 3.69. The topological polar surface area (TPSA) is 98.2 Å². The van der Waals surface area contributed by atoms with Gasteiger partial charge in [-0.3, -0.25) is 9.59 Å². The first-order valence-electron chi connectivity index (χ1n) is 4.60. The number of carbonyl (C=O) groups is 2. The van der Waals surface area contributed by atoms with Gasteiger partial charge in [0.2, 0.25) is 11.8 Å². The van der Waals surface area contributed by atoms with Gasteiger partial charge >= 0.3 is 6.18 Å². The van der Waals surface area contributed by atoms with Crippen LogP contribution in [-0.2, 0) is 9.59 Å². The minimum atomic E-state index is -4.24. The molecule has 5 nitrogen and oxygen atoms in total. The fourth-order valence-corrected chi connectivity index (χ4v) is 0.941. The minimum absolute atomic E-state index is 0.134. The zero-order chi connectivity index (χ0) is 12.8. The van der Waals surface area contributed by atoms with E-state index in [1.165, 1.54) is 0 Å². The highest BCUT2D eigenvalue weighted by Crippen LogP contribution is 2.20. The lowest BCUT2D eigenvalue weighted by molar-refractivity contribution is -0.136. The lowest BCUT2D eigenvalue weighted by Gasteiger charge is -2.11. The third-order valence-corrected chi connectivity index (χ3v) is 1.69. The summed E-state index contributed by atoms with van der Waals surface area (Å²) < 4.78 is 35.1. The van der Waals surface area contributed by atoms with E-state index < -0.39 is 30.5 Å². The van der Waals surface area contributed by atoms with Gasteiger partial charge in [0.1, 0.15) is 0 Å². The average Bonchev–Trinajstić information content (AvgIpc) is 2.09. The van der Waals surface area contributed by atoms with Crippen LogP contribution in [0.1, 0.15) is 19.3 Å². The number of nitrogens with two attached hydrogens (primary N) is 2. The molecule has 0 spiro atoms. The molecule has 0 saturated heterocycles. The molecular formula is C8H14F3N3O2. The van der Waals surface area contributed by atoms with Crippen molar-refractivity contribution in [3.8, 4) is 0 Å². The summed E-state index contributed by atoms with van der Waals surface area (Å²) in [6.07, 6.45) is -5.76. The Morgan fingerprint density at radius 2 is 1.88 bits per heavy atom. The lowest BCUT2D eigenvalue weighted by atomic mass is 10.2. The van der Waals surface area contributed by atoms with Gasteiger partial charge in [-0.2, -0.15) is 13.2 Å². The van der Waals surface area contributed by atoms with E-state index in [-0.39, 0.29) is 19.4 Å². The first-order valence-corrected chi connectivity index (χ1v) is 4.60. The first kappa shape index (κ1) is 14.7. The van der Waals surface area contributed by atoms with Crippen molar-refractivity contribution in [2.45, 2.75) is 31.5 Å². The Hall–Kier alpha value is -1.31. The van der Waals surface area contributed by atoms with Crippen LogP contribution in [0.25, 0.3) is 0 Å². The largest absolute Gasteiger partial charge is 0.389 e. The summed E-state index contributed by atoms with van der Waals surface area (Å²) >= 11 is 0. The van der Waals surface area contributed by atoms with Crippen LogP contribution in [0.4, 0.5) is 13.2 Å². The SMILES string of the molecule is NC(=O)CC(N)C(=O)NCCCC(F)(F)F.